The molecular weight excluding hydrogens is 268 g/mol. The molecule has 0 atom stereocenters. The summed E-state index contributed by atoms with van der Waals surface area (Å²) in [4.78, 5) is 11.3. The van der Waals surface area contributed by atoms with Gasteiger partial charge >= 0.3 is 5.97 Å². The number of ether oxygens (including phenoxy) is 3. The Balaban J connectivity index is 1.85. The fourth-order valence-electron chi connectivity index (χ4n) is 2.12. The quantitative estimate of drug-likeness (QED) is 0.633. The van der Waals surface area contributed by atoms with Crippen LogP contribution in [0.2, 0.25) is 0 Å². The molecule has 1 aliphatic heterocycles. The van der Waals surface area contributed by atoms with Crippen LogP contribution in [0, 0.1) is 17.3 Å². The normalized spacial score (nSPS) is 16.5. The van der Waals surface area contributed by atoms with Crippen LogP contribution in [0.4, 0.5) is 0 Å². The van der Waals surface area contributed by atoms with Gasteiger partial charge in [-0.15, -0.1) is 0 Å². The van der Waals surface area contributed by atoms with Crippen LogP contribution in [0.15, 0.2) is 24.3 Å². The molecule has 1 saturated heterocycles. The molecule has 1 heterocycles. The average molecular weight is 288 g/mol. The molecule has 0 aromatic heterocycles. The maximum Gasteiger partial charge on any atom is 0.337 e. The van der Waals surface area contributed by atoms with Gasteiger partial charge in [0.1, 0.15) is 12.4 Å². The van der Waals surface area contributed by atoms with Crippen LogP contribution in [0.1, 0.15) is 30.1 Å². The molecule has 0 bridgehead atoms. The second kappa shape index (κ2) is 7.14. The van der Waals surface area contributed by atoms with Gasteiger partial charge in [0, 0.05) is 18.6 Å². The molecule has 0 N–H and O–H groups in total. The molecule has 1 aromatic rings. The van der Waals surface area contributed by atoms with Crippen LogP contribution in [0.25, 0.3) is 0 Å². The Kier molecular flexibility index (Phi) is 5.24. The lowest BCUT2D eigenvalue weighted by Crippen LogP contribution is -2.24. The molecule has 0 spiro atoms. The van der Waals surface area contributed by atoms with Gasteiger partial charge in [-0.25, -0.2) is 4.79 Å². The van der Waals surface area contributed by atoms with Gasteiger partial charge in [0.15, 0.2) is 0 Å². The highest BCUT2D eigenvalue weighted by atomic mass is 16.5. The average Bonchev–Trinajstić information content (AvgIpc) is 2.52. The van der Waals surface area contributed by atoms with E-state index in [1.165, 1.54) is 7.11 Å². The Morgan fingerprint density at radius 2 is 1.95 bits per heavy atom. The van der Waals surface area contributed by atoms with E-state index in [0.29, 0.717) is 17.9 Å². The van der Waals surface area contributed by atoms with Crippen LogP contribution >= 0.6 is 0 Å². The Hall–Kier alpha value is -1.99. The third kappa shape index (κ3) is 4.51. The summed E-state index contributed by atoms with van der Waals surface area (Å²) in [7, 11) is 1.36. The Morgan fingerprint density at radius 3 is 2.57 bits per heavy atom. The van der Waals surface area contributed by atoms with Gasteiger partial charge in [-0.05, 0) is 44.0 Å². The monoisotopic (exact) mass is 288 g/mol. The first kappa shape index (κ1) is 15.4. The summed E-state index contributed by atoms with van der Waals surface area (Å²) in [6.07, 6.45) is 1.93. The lowest BCUT2D eigenvalue weighted by atomic mass is 9.83. The van der Waals surface area contributed by atoms with Crippen molar-refractivity contribution in [3.63, 3.8) is 0 Å². The number of methoxy groups -OCH3 is 1. The first-order chi connectivity index (χ1) is 10.1. The van der Waals surface area contributed by atoms with Crippen molar-refractivity contribution in [3.8, 4) is 17.6 Å². The van der Waals surface area contributed by atoms with E-state index in [0.717, 1.165) is 26.1 Å². The zero-order valence-electron chi connectivity index (χ0n) is 12.5. The van der Waals surface area contributed by atoms with Gasteiger partial charge in [-0.3, -0.25) is 0 Å². The van der Waals surface area contributed by atoms with E-state index in [4.69, 9.17) is 9.47 Å². The smallest absolute Gasteiger partial charge is 0.337 e. The number of rotatable bonds is 3. The molecule has 0 aliphatic carbocycles. The molecule has 2 rings (SSSR count). The van der Waals surface area contributed by atoms with Crippen molar-refractivity contribution >= 4 is 5.97 Å². The number of hydrogen-bond donors (Lipinski definition) is 0. The number of esters is 1. The van der Waals surface area contributed by atoms with Gasteiger partial charge in [0.2, 0.25) is 0 Å². The summed E-state index contributed by atoms with van der Waals surface area (Å²) in [6, 6.07) is 6.83. The van der Waals surface area contributed by atoms with Crippen molar-refractivity contribution in [1.82, 2.24) is 0 Å². The summed E-state index contributed by atoms with van der Waals surface area (Å²) >= 11 is 0. The molecule has 4 nitrogen and oxygen atoms in total. The lowest BCUT2D eigenvalue weighted by Gasteiger charge is -2.28. The van der Waals surface area contributed by atoms with E-state index in [9.17, 15) is 4.79 Å². The number of carbonyl (C=O) groups is 1. The zero-order valence-corrected chi connectivity index (χ0v) is 12.5. The van der Waals surface area contributed by atoms with Gasteiger partial charge in [0.05, 0.1) is 12.7 Å². The summed E-state index contributed by atoms with van der Waals surface area (Å²) in [5, 5.41) is 0. The third-order valence-corrected chi connectivity index (χ3v) is 3.57. The highest BCUT2D eigenvalue weighted by molar-refractivity contribution is 5.89. The first-order valence-electron chi connectivity index (χ1n) is 7.02. The maximum atomic E-state index is 11.3. The van der Waals surface area contributed by atoms with E-state index < -0.39 is 0 Å². The van der Waals surface area contributed by atoms with Crippen LogP contribution in [-0.2, 0) is 9.47 Å². The third-order valence-electron chi connectivity index (χ3n) is 3.57. The lowest BCUT2D eigenvalue weighted by molar-refractivity contribution is 0.0486. The highest BCUT2D eigenvalue weighted by Gasteiger charge is 2.24. The van der Waals surface area contributed by atoms with Crippen molar-refractivity contribution in [2.45, 2.75) is 19.8 Å². The first-order valence-corrected chi connectivity index (χ1v) is 7.02. The van der Waals surface area contributed by atoms with Crippen LogP contribution in [-0.4, -0.2) is 32.9 Å². The van der Waals surface area contributed by atoms with E-state index in [2.05, 4.69) is 23.5 Å². The van der Waals surface area contributed by atoms with Crippen molar-refractivity contribution in [1.29, 1.82) is 0 Å². The summed E-state index contributed by atoms with van der Waals surface area (Å²) in [5.74, 6) is 6.69. The highest BCUT2D eigenvalue weighted by Crippen LogP contribution is 2.28. The number of benzene rings is 1. The molecule has 0 radical (unpaired) electrons. The van der Waals surface area contributed by atoms with E-state index in [-0.39, 0.29) is 11.4 Å². The van der Waals surface area contributed by atoms with Crippen LogP contribution < -0.4 is 4.74 Å². The minimum Gasteiger partial charge on any atom is -0.481 e. The molecule has 0 unspecified atom stereocenters. The Bertz CT molecular complexity index is 530. The molecule has 1 fully saturated rings. The maximum absolute atomic E-state index is 11.3. The summed E-state index contributed by atoms with van der Waals surface area (Å²) in [5.41, 5.74) is 0.543. The van der Waals surface area contributed by atoms with Crippen LogP contribution in [0.5, 0.6) is 5.75 Å². The topological polar surface area (TPSA) is 44.8 Å². The van der Waals surface area contributed by atoms with Gasteiger partial charge < -0.3 is 14.2 Å². The molecule has 0 amide bonds. The number of carbonyl (C=O) groups excluding carboxylic acids is 1. The van der Waals surface area contributed by atoms with Gasteiger partial charge in [-0.2, -0.15) is 0 Å². The fraction of sp³-hybridized carbons (Fsp3) is 0.471. The number of hydrogen-bond acceptors (Lipinski definition) is 4. The molecule has 112 valence electrons. The largest absolute Gasteiger partial charge is 0.481 e. The van der Waals surface area contributed by atoms with E-state index in [1.54, 1.807) is 24.3 Å². The second-order valence-corrected chi connectivity index (χ2v) is 5.28. The molecule has 21 heavy (non-hydrogen) atoms. The summed E-state index contributed by atoms with van der Waals surface area (Å²) in [6.45, 7) is 4.06. The van der Waals surface area contributed by atoms with Crippen molar-refractivity contribution < 1.29 is 19.0 Å². The minimum atomic E-state index is -0.353. The van der Waals surface area contributed by atoms with Crippen molar-refractivity contribution in [3.05, 3.63) is 29.8 Å². The molecule has 0 saturated carbocycles. The van der Waals surface area contributed by atoms with Gasteiger partial charge in [0.25, 0.3) is 0 Å². The van der Waals surface area contributed by atoms with E-state index >= 15 is 0 Å². The summed E-state index contributed by atoms with van der Waals surface area (Å²) < 4.78 is 15.5. The molecule has 4 heteroatoms. The predicted octanol–water partition coefficient (Wildman–Crippen LogP) is 2.67. The van der Waals surface area contributed by atoms with Crippen molar-refractivity contribution in [2.24, 2.45) is 5.41 Å². The SMILES string of the molecule is COC(=O)c1ccc(OCC#CC2(C)CCOCC2)cc1. The standard InChI is InChI=1S/C17H20O4/c1-17(9-12-20-13-10-17)8-3-11-21-15-6-4-14(5-7-15)16(18)19-2/h4-7H,9-13H2,1-2H3. The van der Waals surface area contributed by atoms with E-state index in [1.807, 2.05) is 0 Å². The molecule has 1 aliphatic rings. The predicted molar refractivity (Wildman–Crippen MR) is 79.2 cm³/mol. The zero-order chi connectivity index (χ0) is 15.1. The second-order valence-electron chi connectivity index (χ2n) is 5.28. The van der Waals surface area contributed by atoms with Crippen molar-refractivity contribution in [2.75, 3.05) is 26.9 Å². The fourth-order valence-corrected chi connectivity index (χ4v) is 2.12. The minimum absolute atomic E-state index is 0.0380. The van der Waals surface area contributed by atoms with Crippen LogP contribution in [0.3, 0.4) is 0 Å². The Labute approximate surface area is 125 Å². The molecule has 1 aromatic carbocycles. The molecular formula is C17H20O4. The van der Waals surface area contributed by atoms with Gasteiger partial charge in [-0.1, -0.05) is 11.8 Å². The Morgan fingerprint density at radius 1 is 1.29 bits per heavy atom.